The lowest BCUT2D eigenvalue weighted by molar-refractivity contribution is -0.138. The highest BCUT2D eigenvalue weighted by Crippen LogP contribution is 2.10. The van der Waals surface area contributed by atoms with Crippen molar-refractivity contribution in [2.75, 3.05) is 0 Å². The van der Waals surface area contributed by atoms with E-state index in [1.807, 2.05) is 32.0 Å². The number of carboxylic acid groups (broad SMARTS) is 1. The molecule has 4 heteroatoms. The van der Waals surface area contributed by atoms with Gasteiger partial charge >= 0.3 is 5.97 Å². The van der Waals surface area contributed by atoms with Gasteiger partial charge in [-0.25, -0.2) is 4.79 Å². The van der Waals surface area contributed by atoms with E-state index in [2.05, 4.69) is 9.98 Å². The maximum absolute atomic E-state index is 11.1. The van der Waals surface area contributed by atoms with Gasteiger partial charge in [-0.05, 0) is 31.4 Å². The maximum Gasteiger partial charge on any atom is 0.328 e. The molecule has 1 rings (SSSR count). The lowest BCUT2D eigenvalue weighted by Gasteiger charge is -2.11. The second kappa shape index (κ2) is 6.13. The smallest absolute Gasteiger partial charge is 0.328 e. The van der Waals surface area contributed by atoms with Gasteiger partial charge in [0.1, 0.15) is 6.04 Å². The number of aliphatic imine (C=N–C) groups is 1. The van der Waals surface area contributed by atoms with Crippen molar-refractivity contribution in [3.8, 4) is 0 Å². The highest BCUT2D eigenvalue weighted by molar-refractivity contribution is 5.98. The summed E-state index contributed by atoms with van der Waals surface area (Å²) < 4.78 is 0. The highest BCUT2D eigenvalue weighted by Gasteiger charge is 2.18. The maximum atomic E-state index is 11.1. The third-order valence-corrected chi connectivity index (χ3v) is 2.36. The Hall–Kier alpha value is -1.71. The Morgan fingerprint density at radius 3 is 2.65 bits per heavy atom. The van der Waals surface area contributed by atoms with Crippen molar-refractivity contribution in [2.24, 2.45) is 10.9 Å². The Morgan fingerprint density at radius 1 is 1.47 bits per heavy atom. The fraction of sp³-hybridized carbons (Fsp3) is 0.462. The Morgan fingerprint density at radius 2 is 2.18 bits per heavy atom. The number of carbonyl (C=O) groups is 1. The molecule has 0 radical (unpaired) electrons. The van der Waals surface area contributed by atoms with Gasteiger partial charge < -0.3 is 5.11 Å². The van der Waals surface area contributed by atoms with Crippen molar-refractivity contribution in [3.05, 3.63) is 30.1 Å². The molecular formula is C13H18N2O2. The average Bonchev–Trinajstić information content (AvgIpc) is 2.28. The minimum Gasteiger partial charge on any atom is -0.480 e. The molecule has 1 aromatic heterocycles. The lowest BCUT2D eigenvalue weighted by atomic mass is 10.0. The lowest BCUT2D eigenvalue weighted by Crippen LogP contribution is -2.21. The van der Waals surface area contributed by atoms with Crippen LogP contribution in [0.25, 0.3) is 0 Å². The summed E-state index contributed by atoms with van der Waals surface area (Å²) in [4.78, 5) is 19.5. The van der Waals surface area contributed by atoms with E-state index in [1.54, 1.807) is 13.1 Å². The minimum atomic E-state index is -0.881. The van der Waals surface area contributed by atoms with Gasteiger partial charge in [-0.2, -0.15) is 0 Å². The van der Waals surface area contributed by atoms with Crippen LogP contribution in [-0.2, 0) is 4.79 Å². The van der Waals surface area contributed by atoms with Gasteiger partial charge in [0.15, 0.2) is 0 Å². The van der Waals surface area contributed by atoms with E-state index in [0.717, 1.165) is 5.69 Å². The van der Waals surface area contributed by atoms with Crippen molar-refractivity contribution < 1.29 is 9.90 Å². The first-order chi connectivity index (χ1) is 8.00. The number of nitrogens with zero attached hydrogens (tertiary/aromatic N) is 2. The summed E-state index contributed by atoms with van der Waals surface area (Å²) in [6.45, 7) is 5.77. The van der Waals surface area contributed by atoms with Crippen molar-refractivity contribution in [3.63, 3.8) is 0 Å². The minimum absolute atomic E-state index is 0.302. The summed E-state index contributed by atoms with van der Waals surface area (Å²) in [7, 11) is 0. The van der Waals surface area contributed by atoms with Crippen LogP contribution in [-0.4, -0.2) is 27.8 Å². The number of aliphatic carboxylic acids is 1. The van der Waals surface area contributed by atoms with Crippen LogP contribution < -0.4 is 0 Å². The molecule has 1 atom stereocenters. The fourth-order valence-corrected chi connectivity index (χ4v) is 1.53. The van der Waals surface area contributed by atoms with Crippen LogP contribution in [0.2, 0.25) is 0 Å². The molecule has 1 heterocycles. The van der Waals surface area contributed by atoms with Crippen LogP contribution in [0.1, 0.15) is 32.9 Å². The molecule has 0 aliphatic heterocycles. The zero-order chi connectivity index (χ0) is 12.8. The van der Waals surface area contributed by atoms with Crippen molar-refractivity contribution >= 4 is 11.7 Å². The molecule has 1 N–H and O–H groups in total. The molecule has 17 heavy (non-hydrogen) atoms. The Bertz CT molecular complexity index is 399. The predicted octanol–water partition coefficient (Wildman–Crippen LogP) is 2.39. The average molecular weight is 234 g/mol. The van der Waals surface area contributed by atoms with Crippen LogP contribution in [0.3, 0.4) is 0 Å². The molecule has 0 aliphatic rings. The molecule has 0 amide bonds. The van der Waals surface area contributed by atoms with Gasteiger partial charge in [0.2, 0.25) is 0 Å². The van der Waals surface area contributed by atoms with Gasteiger partial charge in [0.05, 0.1) is 11.4 Å². The Labute approximate surface area is 101 Å². The second-order valence-electron chi connectivity index (χ2n) is 4.41. The first-order valence-electron chi connectivity index (χ1n) is 5.69. The summed E-state index contributed by atoms with van der Waals surface area (Å²) in [6, 6.07) is 4.82. The Kier molecular flexibility index (Phi) is 4.82. The van der Waals surface area contributed by atoms with Gasteiger partial charge in [-0.3, -0.25) is 9.98 Å². The number of hydrogen-bond donors (Lipinski definition) is 1. The predicted molar refractivity (Wildman–Crippen MR) is 67.3 cm³/mol. The number of hydrogen-bond acceptors (Lipinski definition) is 3. The molecule has 0 aromatic carbocycles. The standard InChI is InChI=1S/C13H18N2O2/c1-9(2)8-12(13(16)17)15-10(3)11-6-4-5-7-14-11/h4-7,9,12H,8H2,1-3H3,(H,16,17)/t12-/m0/s1. The summed E-state index contributed by atoms with van der Waals surface area (Å²) in [6.07, 6.45) is 2.21. The topological polar surface area (TPSA) is 62.5 Å². The summed E-state index contributed by atoms with van der Waals surface area (Å²) in [5, 5.41) is 9.09. The van der Waals surface area contributed by atoms with Crippen LogP contribution in [0.4, 0.5) is 0 Å². The number of pyridine rings is 1. The van der Waals surface area contributed by atoms with Crippen molar-refractivity contribution in [2.45, 2.75) is 33.2 Å². The number of aromatic nitrogens is 1. The quantitative estimate of drug-likeness (QED) is 0.796. The SMILES string of the molecule is CC(=N[C@@H](CC(C)C)C(=O)O)c1ccccn1. The molecular weight excluding hydrogens is 216 g/mol. The second-order valence-corrected chi connectivity index (χ2v) is 4.41. The van der Waals surface area contributed by atoms with Crippen LogP contribution in [0, 0.1) is 5.92 Å². The zero-order valence-corrected chi connectivity index (χ0v) is 10.4. The largest absolute Gasteiger partial charge is 0.480 e. The Balaban J connectivity index is 2.87. The molecule has 4 nitrogen and oxygen atoms in total. The molecule has 0 spiro atoms. The molecule has 0 saturated carbocycles. The highest BCUT2D eigenvalue weighted by atomic mass is 16.4. The molecule has 0 unspecified atom stereocenters. The fourth-order valence-electron chi connectivity index (χ4n) is 1.53. The van der Waals surface area contributed by atoms with Crippen molar-refractivity contribution in [1.29, 1.82) is 0 Å². The van der Waals surface area contributed by atoms with Gasteiger partial charge in [-0.15, -0.1) is 0 Å². The van der Waals surface area contributed by atoms with E-state index >= 15 is 0 Å². The molecule has 0 aliphatic carbocycles. The van der Waals surface area contributed by atoms with Crippen LogP contribution >= 0.6 is 0 Å². The number of carboxylic acids is 1. The van der Waals surface area contributed by atoms with E-state index in [-0.39, 0.29) is 0 Å². The van der Waals surface area contributed by atoms with Crippen LogP contribution in [0.15, 0.2) is 29.4 Å². The normalized spacial score (nSPS) is 13.8. The zero-order valence-electron chi connectivity index (χ0n) is 10.4. The van der Waals surface area contributed by atoms with E-state index in [1.165, 1.54) is 0 Å². The molecule has 0 fully saturated rings. The van der Waals surface area contributed by atoms with E-state index in [9.17, 15) is 4.79 Å². The molecule has 1 aromatic rings. The molecule has 0 bridgehead atoms. The molecule has 92 valence electrons. The monoisotopic (exact) mass is 234 g/mol. The van der Waals surface area contributed by atoms with E-state index in [4.69, 9.17) is 5.11 Å². The van der Waals surface area contributed by atoms with Gasteiger partial charge in [-0.1, -0.05) is 19.9 Å². The van der Waals surface area contributed by atoms with E-state index in [0.29, 0.717) is 18.1 Å². The molecule has 0 saturated heterocycles. The van der Waals surface area contributed by atoms with Crippen LogP contribution in [0.5, 0.6) is 0 Å². The van der Waals surface area contributed by atoms with Gasteiger partial charge in [0, 0.05) is 6.20 Å². The van der Waals surface area contributed by atoms with Crippen molar-refractivity contribution in [1.82, 2.24) is 4.98 Å². The third-order valence-electron chi connectivity index (χ3n) is 2.36. The first-order valence-corrected chi connectivity index (χ1v) is 5.69. The summed E-state index contributed by atoms with van der Waals surface area (Å²) in [5.41, 5.74) is 1.39. The summed E-state index contributed by atoms with van der Waals surface area (Å²) in [5.74, 6) is -0.578. The van der Waals surface area contributed by atoms with E-state index < -0.39 is 12.0 Å². The third kappa shape index (κ3) is 4.34. The first kappa shape index (κ1) is 13.4. The summed E-state index contributed by atoms with van der Waals surface area (Å²) >= 11 is 0. The van der Waals surface area contributed by atoms with Gasteiger partial charge in [0.25, 0.3) is 0 Å². The number of rotatable bonds is 5.